The van der Waals surface area contributed by atoms with Gasteiger partial charge in [-0.1, -0.05) is 25.1 Å². The van der Waals surface area contributed by atoms with Crippen LogP contribution in [0.5, 0.6) is 11.5 Å². The summed E-state index contributed by atoms with van der Waals surface area (Å²) < 4.78 is 10.9. The molecule has 1 aliphatic heterocycles. The second-order valence-corrected chi connectivity index (χ2v) is 7.72. The molecule has 1 unspecified atom stereocenters. The molecule has 0 saturated carbocycles. The summed E-state index contributed by atoms with van der Waals surface area (Å²) in [5, 5.41) is 5.64. The average molecular weight is 427 g/mol. The van der Waals surface area contributed by atoms with Gasteiger partial charge in [0.1, 0.15) is 17.5 Å². The Morgan fingerprint density at radius 1 is 1.10 bits per heavy atom. The van der Waals surface area contributed by atoms with Crippen molar-refractivity contribution in [1.82, 2.24) is 5.32 Å². The van der Waals surface area contributed by atoms with Gasteiger partial charge in [-0.15, -0.1) is 0 Å². The van der Waals surface area contributed by atoms with Crippen LogP contribution in [-0.2, 0) is 16.0 Å². The van der Waals surface area contributed by atoms with E-state index in [1.54, 1.807) is 14.2 Å². The number of hydrogen-bond acceptors (Lipinski definition) is 4. The van der Waals surface area contributed by atoms with Crippen molar-refractivity contribution in [2.45, 2.75) is 32.2 Å². The van der Waals surface area contributed by atoms with Crippen molar-refractivity contribution in [1.29, 1.82) is 0 Å². The number of carbonyl (C=O) groups excluding carboxylic acids is 2. The molecule has 0 bridgehead atoms. The predicted molar refractivity (Wildman–Crippen MR) is 120 cm³/mol. The SMILES string of the molecule is CCc1ccccc1NC(=O)CNC(=O)C[NH+]1CCC[C@@H]1c1cc(OC)ccc1OC. The lowest BCUT2D eigenvalue weighted by molar-refractivity contribution is -0.910. The van der Waals surface area contributed by atoms with Crippen LogP contribution in [0.15, 0.2) is 42.5 Å². The van der Waals surface area contributed by atoms with Gasteiger partial charge in [-0.25, -0.2) is 0 Å². The second-order valence-electron chi connectivity index (χ2n) is 7.72. The molecule has 3 N–H and O–H groups in total. The largest absolute Gasteiger partial charge is 0.497 e. The molecule has 166 valence electrons. The van der Waals surface area contributed by atoms with Gasteiger partial charge < -0.3 is 25.0 Å². The highest BCUT2D eigenvalue weighted by Gasteiger charge is 2.34. The molecule has 1 saturated heterocycles. The van der Waals surface area contributed by atoms with Crippen molar-refractivity contribution in [2.24, 2.45) is 0 Å². The van der Waals surface area contributed by atoms with Crippen LogP contribution in [0.3, 0.4) is 0 Å². The molecule has 1 fully saturated rings. The minimum Gasteiger partial charge on any atom is -0.497 e. The summed E-state index contributed by atoms with van der Waals surface area (Å²) in [5.74, 6) is 1.22. The third-order valence-electron chi connectivity index (χ3n) is 5.80. The van der Waals surface area contributed by atoms with Crippen molar-refractivity contribution in [3.05, 3.63) is 53.6 Å². The van der Waals surface area contributed by atoms with E-state index >= 15 is 0 Å². The van der Waals surface area contributed by atoms with Crippen molar-refractivity contribution < 1.29 is 24.0 Å². The summed E-state index contributed by atoms with van der Waals surface area (Å²) in [6.07, 6.45) is 2.83. The van der Waals surface area contributed by atoms with Crippen LogP contribution in [0.1, 0.15) is 36.9 Å². The topological polar surface area (TPSA) is 81.1 Å². The summed E-state index contributed by atoms with van der Waals surface area (Å²) in [7, 11) is 3.30. The van der Waals surface area contributed by atoms with Crippen LogP contribution in [-0.4, -0.2) is 45.7 Å². The van der Waals surface area contributed by atoms with E-state index in [4.69, 9.17) is 9.47 Å². The molecule has 2 amide bonds. The first-order valence-corrected chi connectivity index (χ1v) is 10.8. The first-order valence-electron chi connectivity index (χ1n) is 10.8. The standard InChI is InChI=1S/C24H31N3O4/c1-4-17-8-5-6-9-20(17)26-23(28)15-25-24(29)16-27-13-7-10-21(27)19-14-18(30-2)11-12-22(19)31-3/h5-6,8-9,11-12,14,21H,4,7,10,13,15-16H2,1-3H3,(H,25,29)(H,26,28)/p+1/t21-/m1/s1. The number of aryl methyl sites for hydroxylation is 1. The summed E-state index contributed by atoms with van der Waals surface area (Å²) >= 11 is 0. The molecule has 0 spiro atoms. The molecule has 1 heterocycles. The molecular formula is C24H32N3O4+. The minimum absolute atomic E-state index is 0.0443. The molecule has 2 aromatic carbocycles. The average Bonchev–Trinajstić information content (AvgIpc) is 3.25. The number of ether oxygens (including phenoxy) is 2. The van der Waals surface area contributed by atoms with Crippen molar-refractivity contribution >= 4 is 17.5 Å². The van der Waals surface area contributed by atoms with Crippen LogP contribution in [0.25, 0.3) is 0 Å². The normalized spacial score (nSPS) is 17.8. The number of likely N-dealkylation sites (tertiary alicyclic amines) is 1. The van der Waals surface area contributed by atoms with E-state index in [0.29, 0.717) is 6.54 Å². The molecule has 0 radical (unpaired) electrons. The van der Waals surface area contributed by atoms with Crippen LogP contribution >= 0.6 is 0 Å². The van der Waals surface area contributed by atoms with E-state index < -0.39 is 0 Å². The maximum absolute atomic E-state index is 12.6. The lowest BCUT2D eigenvalue weighted by Crippen LogP contribution is -3.11. The molecule has 2 atom stereocenters. The number of quaternary nitrogens is 1. The zero-order valence-electron chi connectivity index (χ0n) is 18.5. The van der Waals surface area contributed by atoms with Gasteiger partial charge >= 0.3 is 0 Å². The molecule has 0 aliphatic carbocycles. The Kier molecular flexibility index (Phi) is 7.89. The summed E-state index contributed by atoms with van der Waals surface area (Å²) in [6, 6.07) is 13.6. The van der Waals surface area contributed by atoms with Crippen LogP contribution < -0.4 is 25.0 Å². The predicted octanol–water partition coefficient (Wildman–Crippen LogP) is 1.74. The number of rotatable bonds is 9. The van der Waals surface area contributed by atoms with Gasteiger partial charge in [0, 0.05) is 18.5 Å². The Balaban J connectivity index is 1.57. The number of benzene rings is 2. The number of nitrogens with one attached hydrogen (secondary N) is 3. The lowest BCUT2D eigenvalue weighted by atomic mass is 10.0. The fraction of sp³-hybridized carbons (Fsp3) is 0.417. The Bertz CT molecular complexity index is 915. The summed E-state index contributed by atoms with van der Waals surface area (Å²) in [4.78, 5) is 26.0. The van der Waals surface area contributed by atoms with E-state index in [1.165, 1.54) is 4.90 Å². The van der Waals surface area contributed by atoms with Gasteiger partial charge in [0.15, 0.2) is 6.54 Å². The Morgan fingerprint density at radius 3 is 2.65 bits per heavy atom. The van der Waals surface area contributed by atoms with Gasteiger partial charge in [0.05, 0.1) is 32.9 Å². The lowest BCUT2D eigenvalue weighted by Gasteiger charge is -2.23. The van der Waals surface area contributed by atoms with E-state index in [-0.39, 0.29) is 24.4 Å². The first-order chi connectivity index (χ1) is 15.0. The van der Waals surface area contributed by atoms with Gasteiger partial charge in [-0.2, -0.15) is 0 Å². The van der Waals surface area contributed by atoms with Gasteiger partial charge in [-0.05, 0) is 36.2 Å². The third kappa shape index (κ3) is 5.76. The Hall–Kier alpha value is -3.06. The molecule has 7 heteroatoms. The number of methoxy groups -OCH3 is 2. The van der Waals surface area contributed by atoms with Crippen molar-refractivity contribution in [3.63, 3.8) is 0 Å². The number of hydrogen-bond donors (Lipinski definition) is 3. The van der Waals surface area contributed by atoms with Gasteiger partial charge in [-0.3, -0.25) is 9.59 Å². The van der Waals surface area contributed by atoms with Crippen molar-refractivity contribution in [3.8, 4) is 11.5 Å². The Morgan fingerprint density at radius 2 is 1.90 bits per heavy atom. The third-order valence-corrected chi connectivity index (χ3v) is 5.80. The Labute approximate surface area is 183 Å². The van der Waals surface area contributed by atoms with Crippen LogP contribution in [0, 0.1) is 0 Å². The van der Waals surface area contributed by atoms with E-state index in [9.17, 15) is 9.59 Å². The molecular weight excluding hydrogens is 394 g/mol. The minimum atomic E-state index is -0.225. The highest BCUT2D eigenvalue weighted by atomic mass is 16.5. The quantitative estimate of drug-likeness (QED) is 0.571. The molecule has 3 rings (SSSR count). The number of carbonyl (C=O) groups is 2. The van der Waals surface area contributed by atoms with Gasteiger partial charge in [0.2, 0.25) is 5.91 Å². The second kappa shape index (κ2) is 10.8. The zero-order chi connectivity index (χ0) is 22.2. The van der Waals surface area contributed by atoms with Gasteiger partial charge in [0.25, 0.3) is 5.91 Å². The maximum atomic E-state index is 12.6. The number of anilines is 1. The van der Waals surface area contributed by atoms with E-state index in [0.717, 1.165) is 54.1 Å². The summed E-state index contributed by atoms with van der Waals surface area (Å²) in [5.41, 5.74) is 2.91. The zero-order valence-corrected chi connectivity index (χ0v) is 18.5. The molecule has 7 nitrogen and oxygen atoms in total. The number of para-hydroxylation sites is 1. The molecule has 0 aromatic heterocycles. The highest BCUT2D eigenvalue weighted by molar-refractivity contribution is 5.95. The fourth-order valence-electron chi connectivity index (χ4n) is 4.20. The molecule has 1 aliphatic rings. The monoisotopic (exact) mass is 426 g/mol. The first kappa shape index (κ1) is 22.6. The number of amides is 2. The summed E-state index contributed by atoms with van der Waals surface area (Å²) in [6.45, 7) is 3.20. The van der Waals surface area contributed by atoms with Crippen LogP contribution in [0.4, 0.5) is 5.69 Å². The molecule has 31 heavy (non-hydrogen) atoms. The van der Waals surface area contributed by atoms with E-state index in [1.807, 2.05) is 49.4 Å². The fourth-order valence-corrected chi connectivity index (χ4v) is 4.20. The van der Waals surface area contributed by atoms with Crippen LogP contribution in [0.2, 0.25) is 0 Å². The maximum Gasteiger partial charge on any atom is 0.275 e. The van der Waals surface area contributed by atoms with E-state index in [2.05, 4.69) is 10.6 Å². The smallest absolute Gasteiger partial charge is 0.275 e. The molecule has 2 aromatic rings. The van der Waals surface area contributed by atoms with Crippen molar-refractivity contribution in [2.75, 3.05) is 39.2 Å². The highest BCUT2D eigenvalue weighted by Crippen LogP contribution is 2.31.